The van der Waals surface area contributed by atoms with Crippen LogP contribution in [0.3, 0.4) is 0 Å². The van der Waals surface area contributed by atoms with E-state index in [4.69, 9.17) is 0 Å². The van der Waals surface area contributed by atoms with Gasteiger partial charge in [-0.2, -0.15) is 0 Å². The summed E-state index contributed by atoms with van der Waals surface area (Å²) >= 11 is 0. The molecule has 0 atom stereocenters. The van der Waals surface area contributed by atoms with E-state index in [2.05, 4.69) is 43.8 Å². The van der Waals surface area contributed by atoms with Crippen molar-refractivity contribution < 1.29 is 0 Å². The molecule has 0 nitrogen and oxygen atoms in total. The Labute approximate surface area is 86.3 Å². The first-order valence-electron chi connectivity index (χ1n) is 4.80. The molecule has 0 fully saturated rings. The van der Waals surface area contributed by atoms with Gasteiger partial charge in [-0.3, -0.25) is 0 Å². The Morgan fingerprint density at radius 2 is 2.14 bits per heavy atom. The van der Waals surface area contributed by atoms with Crippen LogP contribution < -0.4 is 0 Å². The predicted octanol–water partition coefficient (Wildman–Crippen LogP) is 4.14. The normalized spacial score (nSPS) is 12.0. The van der Waals surface area contributed by atoms with E-state index in [0.29, 0.717) is 0 Å². The van der Waals surface area contributed by atoms with E-state index >= 15 is 0 Å². The topological polar surface area (TPSA) is 0 Å². The molecule has 0 aliphatic heterocycles. The lowest BCUT2D eigenvalue weighted by Gasteiger charge is -2.02. The summed E-state index contributed by atoms with van der Waals surface area (Å²) in [7, 11) is 0. The van der Waals surface area contributed by atoms with Gasteiger partial charge in [-0.25, -0.2) is 0 Å². The molecule has 0 aliphatic rings. The van der Waals surface area contributed by atoms with E-state index in [1.54, 1.807) is 0 Å². The molecule has 0 unspecified atom stereocenters. The average Bonchev–Trinajstić information content (AvgIpc) is 2.17. The molecule has 72 valence electrons. The van der Waals surface area contributed by atoms with Crippen LogP contribution >= 0.6 is 0 Å². The molecule has 0 N–H and O–H groups in total. The smallest absolute Gasteiger partial charge is 0.0182 e. The Morgan fingerprint density at radius 1 is 1.36 bits per heavy atom. The summed E-state index contributed by atoms with van der Waals surface area (Å²) in [6, 6.07) is 8.47. The van der Waals surface area contributed by atoms with Gasteiger partial charge in [-0.1, -0.05) is 60.7 Å². The fraction of sp³-hybridized carbons (Fsp3) is 0.143. The molecule has 1 aromatic rings. The highest BCUT2D eigenvalue weighted by molar-refractivity contribution is 5.75. The molecule has 0 bridgehead atoms. The molecular weight excluding hydrogens is 168 g/mol. The molecule has 0 saturated carbocycles. The first kappa shape index (κ1) is 10.5. The first-order chi connectivity index (χ1) is 6.77. The summed E-state index contributed by atoms with van der Waals surface area (Å²) in [5, 5.41) is 0. The van der Waals surface area contributed by atoms with Gasteiger partial charge in [0, 0.05) is 0 Å². The van der Waals surface area contributed by atoms with E-state index in [-0.39, 0.29) is 0 Å². The standard InChI is InChI=1S/C14H16/c1-4-7-13(8-5-2)14-10-6-9-12(3)11-14/h4-11H,1H2,2-3H3/b8-5-,13-7+. The molecule has 14 heavy (non-hydrogen) atoms. The highest BCUT2D eigenvalue weighted by atomic mass is 14.0. The summed E-state index contributed by atoms with van der Waals surface area (Å²) in [6.45, 7) is 7.84. The third kappa shape index (κ3) is 2.74. The van der Waals surface area contributed by atoms with Gasteiger partial charge >= 0.3 is 0 Å². The Balaban J connectivity index is 3.11. The van der Waals surface area contributed by atoms with Gasteiger partial charge in [0.15, 0.2) is 0 Å². The summed E-state index contributed by atoms with van der Waals surface area (Å²) in [6.07, 6.45) is 7.97. The maximum absolute atomic E-state index is 3.72. The summed E-state index contributed by atoms with van der Waals surface area (Å²) in [5.41, 5.74) is 3.72. The van der Waals surface area contributed by atoms with Gasteiger partial charge in [0.1, 0.15) is 0 Å². The zero-order valence-corrected chi connectivity index (χ0v) is 8.83. The molecule has 0 aliphatic carbocycles. The molecule has 0 heteroatoms. The van der Waals surface area contributed by atoms with Crippen LogP contribution in [0.25, 0.3) is 5.57 Å². The van der Waals surface area contributed by atoms with Crippen LogP contribution in [0.15, 0.2) is 55.1 Å². The van der Waals surface area contributed by atoms with E-state index < -0.39 is 0 Å². The number of allylic oxidation sites excluding steroid dienone is 5. The van der Waals surface area contributed by atoms with Crippen molar-refractivity contribution in [3.05, 3.63) is 66.3 Å². The second-order valence-electron chi connectivity index (χ2n) is 3.23. The minimum absolute atomic E-state index is 1.20. The molecular formula is C14H16. The Kier molecular flexibility index (Phi) is 3.93. The third-order valence-electron chi connectivity index (χ3n) is 2.00. The van der Waals surface area contributed by atoms with E-state index in [1.807, 2.05) is 25.2 Å². The number of rotatable bonds is 3. The number of hydrogen-bond acceptors (Lipinski definition) is 0. The molecule has 0 amide bonds. The van der Waals surface area contributed by atoms with Crippen LogP contribution in [-0.2, 0) is 0 Å². The maximum atomic E-state index is 3.72. The fourth-order valence-corrected chi connectivity index (χ4v) is 1.38. The number of benzene rings is 1. The minimum Gasteiger partial charge on any atom is -0.0990 e. The summed E-state index contributed by atoms with van der Waals surface area (Å²) in [4.78, 5) is 0. The summed E-state index contributed by atoms with van der Waals surface area (Å²) in [5.74, 6) is 0. The number of hydrogen-bond donors (Lipinski definition) is 0. The zero-order valence-electron chi connectivity index (χ0n) is 8.83. The third-order valence-corrected chi connectivity index (χ3v) is 2.00. The van der Waals surface area contributed by atoms with Crippen molar-refractivity contribution in [3.8, 4) is 0 Å². The van der Waals surface area contributed by atoms with Gasteiger partial charge in [-0.15, -0.1) is 0 Å². The highest BCUT2D eigenvalue weighted by Gasteiger charge is 1.95. The van der Waals surface area contributed by atoms with Gasteiger partial charge < -0.3 is 0 Å². The van der Waals surface area contributed by atoms with Gasteiger partial charge in [0.05, 0.1) is 0 Å². The van der Waals surface area contributed by atoms with Gasteiger partial charge in [0.2, 0.25) is 0 Å². The molecule has 0 spiro atoms. The number of aryl methyl sites for hydroxylation is 1. The van der Waals surface area contributed by atoms with E-state index in [0.717, 1.165) is 0 Å². The summed E-state index contributed by atoms with van der Waals surface area (Å²) < 4.78 is 0. The van der Waals surface area contributed by atoms with Gasteiger partial charge in [-0.05, 0) is 25.0 Å². The van der Waals surface area contributed by atoms with E-state index in [1.165, 1.54) is 16.7 Å². The van der Waals surface area contributed by atoms with Crippen LogP contribution in [0.1, 0.15) is 18.1 Å². The van der Waals surface area contributed by atoms with Crippen molar-refractivity contribution in [1.82, 2.24) is 0 Å². The van der Waals surface area contributed by atoms with Crippen LogP contribution in [0.5, 0.6) is 0 Å². The van der Waals surface area contributed by atoms with Crippen molar-refractivity contribution in [1.29, 1.82) is 0 Å². The van der Waals surface area contributed by atoms with Crippen LogP contribution in [0.4, 0.5) is 0 Å². The molecule has 1 rings (SSSR count). The lowest BCUT2D eigenvalue weighted by molar-refractivity contribution is 1.45. The van der Waals surface area contributed by atoms with Gasteiger partial charge in [0.25, 0.3) is 0 Å². The van der Waals surface area contributed by atoms with Crippen LogP contribution in [0, 0.1) is 6.92 Å². The predicted molar refractivity (Wildman–Crippen MR) is 64.2 cm³/mol. The monoisotopic (exact) mass is 184 g/mol. The Hall–Kier alpha value is -1.56. The van der Waals surface area contributed by atoms with Crippen molar-refractivity contribution in [2.45, 2.75) is 13.8 Å². The lowest BCUT2D eigenvalue weighted by atomic mass is 10.0. The Morgan fingerprint density at radius 3 is 2.71 bits per heavy atom. The molecule has 0 radical (unpaired) electrons. The SMILES string of the molecule is C=C/C=C(\C=C/C)c1cccc(C)c1. The lowest BCUT2D eigenvalue weighted by Crippen LogP contribution is -1.81. The zero-order chi connectivity index (χ0) is 10.4. The van der Waals surface area contributed by atoms with Crippen LogP contribution in [0.2, 0.25) is 0 Å². The molecule has 0 aromatic heterocycles. The highest BCUT2D eigenvalue weighted by Crippen LogP contribution is 2.17. The second kappa shape index (κ2) is 5.23. The minimum atomic E-state index is 1.20. The van der Waals surface area contributed by atoms with E-state index in [9.17, 15) is 0 Å². The first-order valence-corrected chi connectivity index (χ1v) is 4.80. The Bertz CT molecular complexity index is 367. The van der Waals surface area contributed by atoms with Crippen molar-refractivity contribution >= 4 is 5.57 Å². The fourth-order valence-electron chi connectivity index (χ4n) is 1.38. The maximum Gasteiger partial charge on any atom is -0.0182 e. The van der Waals surface area contributed by atoms with Crippen LogP contribution in [-0.4, -0.2) is 0 Å². The largest absolute Gasteiger partial charge is 0.0990 e. The molecule has 0 saturated heterocycles. The van der Waals surface area contributed by atoms with Crippen molar-refractivity contribution in [2.75, 3.05) is 0 Å². The van der Waals surface area contributed by atoms with Crippen molar-refractivity contribution in [3.63, 3.8) is 0 Å². The quantitative estimate of drug-likeness (QED) is 0.619. The van der Waals surface area contributed by atoms with Crippen molar-refractivity contribution in [2.24, 2.45) is 0 Å². The average molecular weight is 184 g/mol. The molecule has 0 heterocycles. The molecule has 1 aromatic carbocycles. The second-order valence-corrected chi connectivity index (χ2v) is 3.23.